The van der Waals surface area contributed by atoms with Crippen molar-refractivity contribution in [1.29, 1.82) is 0 Å². The number of imidazole rings is 1. The van der Waals surface area contributed by atoms with Gasteiger partial charge in [-0.15, -0.1) is 0 Å². The molecule has 0 radical (unpaired) electrons. The number of amides is 1. The van der Waals surface area contributed by atoms with Gasteiger partial charge in [0.25, 0.3) is 5.91 Å². The summed E-state index contributed by atoms with van der Waals surface area (Å²) >= 11 is 0. The zero-order valence-electron chi connectivity index (χ0n) is 11.2. The van der Waals surface area contributed by atoms with Crippen LogP contribution in [0.2, 0.25) is 0 Å². The van der Waals surface area contributed by atoms with Crippen molar-refractivity contribution in [2.24, 2.45) is 0 Å². The molecule has 1 unspecified atom stereocenters. The van der Waals surface area contributed by atoms with Crippen LogP contribution >= 0.6 is 0 Å². The molecule has 0 saturated heterocycles. The van der Waals surface area contributed by atoms with Gasteiger partial charge in [0.15, 0.2) is 11.5 Å². The van der Waals surface area contributed by atoms with Gasteiger partial charge in [0.1, 0.15) is 5.54 Å². The number of aliphatic hydroxyl groups is 1. The quantitative estimate of drug-likeness (QED) is 0.750. The number of aromatic nitrogens is 2. The van der Waals surface area contributed by atoms with E-state index >= 15 is 0 Å². The maximum absolute atomic E-state index is 12.2. The average Bonchev–Trinajstić information content (AvgIpc) is 2.78. The maximum atomic E-state index is 12.2. The lowest BCUT2D eigenvalue weighted by Crippen LogP contribution is -2.53. The molecule has 8 nitrogen and oxygen atoms in total. The van der Waals surface area contributed by atoms with Crippen molar-refractivity contribution in [2.75, 3.05) is 19.0 Å². The fraction of sp³-hybridized carbons (Fsp3) is 0.545. The molecule has 2 N–H and O–H groups in total. The summed E-state index contributed by atoms with van der Waals surface area (Å²) in [7, 11) is 3.02. The molecule has 8 heteroatoms. The summed E-state index contributed by atoms with van der Waals surface area (Å²) in [5.41, 5.74) is -1.15. The Labute approximate surface area is 109 Å². The second-order valence-corrected chi connectivity index (χ2v) is 5.02. The molecule has 0 saturated carbocycles. The van der Waals surface area contributed by atoms with E-state index in [9.17, 15) is 19.8 Å². The van der Waals surface area contributed by atoms with E-state index in [-0.39, 0.29) is 11.5 Å². The number of carboxylic acids is 1. The van der Waals surface area contributed by atoms with Crippen LogP contribution in [-0.4, -0.2) is 57.0 Å². The van der Waals surface area contributed by atoms with Crippen LogP contribution in [0, 0.1) is 0 Å². The third-order valence-electron chi connectivity index (χ3n) is 3.42. The summed E-state index contributed by atoms with van der Waals surface area (Å²) in [6.45, 7) is 2.96. The Morgan fingerprint density at radius 1 is 1.37 bits per heavy atom. The SMILES string of the molecule is CN1C(=O)c2c(ncn2C(C)(C)C(=O)O)N(C)C1O. The van der Waals surface area contributed by atoms with Crippen LogP contribution < -0.4 is 4.90 Å². The van der Waals surface area contributed by atoms with E-state index in [0.29, 0.717) is 0 Å². The molecule has 0 aromatic carbocycles. The molecule has 19 heavy (non-hydrogen) atoms. The van der Waals surface area contributed by atoms with Crippen LogP contribution in [0.4, 0.5) is 5.82 Å². The van der Waals surface area contributed by atoms with E-state index in [1.54, 1.807) is 7.05 Å². The first-order valence-corrected chi connectivity index (χ1v) is 5.69. The van der Waals surface area contributed by atoms with Gasteiger partial charge in [-0.05, 0) is 13.8 Å². The minimum atomic E-state index is -1.31. The number of hydrogen-bond donors (Lipinski definition) is 2. The molecule has 0 fully saturated rings. The zero-order chi connectivity index (χ0) is 14.5. The van der Waals surface area contributed by atoms with Crippen molar-refractivity contribution >= 4 is 17.7 Å². The third-order valence-corrected chi connectivity index (χ3v) is 3.42. The molecule has 0 spiro atoms. The normalized spacial score (nSPS) is 19.6. The zero-order valence-corrected chi connectivity index (χ0v) is 11.2. The molecule has 1 aliphatic heterocycles. The Bertz CT molecular complexity index is 551. The smallest absolute Gasteiger partial charge is 0.329 e. The number of fused-ring (bicyclic) bond motifs is 1. The summed E-state index contributed by atoms with van der Waals surface area (Å²) in [4.78, 5) is 30.1. The van der Waals surface area contributed by atoms with E-state index in [2.05, 4.69) is 4.98 Å². The van der Waals surface area contributed by atoms with E-state index < -0.39 is 23.8 Å². The number of carbonyl (C=O) groups excluding carboxylic acids is 1. The monoisotopic (exact) mass is 268 g/mol. The summed E-state index contributed by atoms with van der Waals surface area (Å²) in [5.74, 6) is -1.27. The Morgan fingerprint density at radius 2 is 1.95 bits per heavy atom. The summed E-state index contributed by atoms with van der Waals surface area (Å²) < 4.78 is 1.31. The second kappa shape index (κ2) is 3.95. The minimum absolute atomic E-state index is 0.155. The number of aliphatic hydroxyl groups excluding tert-OH is 1. The highest BCUT2D eigenvalue weighted by atomic mass is 16.4. The minimum Gasteiger partial charge on any atom is -0.480 e. The van der Waals surface area contributed by atoms with E-state index in [4.69, 9.17) is 0 Å². The lowest BCUT2D eigenvalue weighted by molar-refractivity contribution is -0.145. The van der Waals surface area contributed by atoms with Crippen LogP contribution in [0.3, 0.4) is 0 Å². The van der Waals surface area contributed by atoms with Crippen molar-refractivity contribution < 1.29 is 19.8 Å². The van der Waals surface area contributed by atoms with Crippen molar-refractivity contribution in [1.82, 2.24) is 14.5 Å². The van der Waals surface area contributed by atoms with Gasteiger partial charge in [0, 0.05) is 14.1 Å². The molecule has 1 amide bonds. The van der Waals surface area contributed by atoms with Crippen LogP contribution in [0.15, 0.2) is 6.33 Å². The van der Waals surface area contributed by atoms with Crippen molar-refractivity contribution in [3.05, 3.63) is 12.0 Å². The Balaban J connectivity index is 2.63. The summed E-state index contributed by atoms with van der Waals surface area (Å²) in [5, 5.41) is 19.1. The molecule has 0 aliphatic carbocycles. The lowest BCUT2D eigenvalue weighted by atomic mass is 10.1. The fourth-order valence-corrected chi connectivity index (χ4v) is 1.96. The first-order chi connectivity index (χ1) is 8.69. The Kier molecular flexibility index (Phi) is 2.78. The number of hydrogen-bond acceptors (Lipinski definition) is 5. The van der Waals surface area contributed by atoms with Crippen LogP contribution in [0.1, 0.15) is 24.3 Å². The third kappa shape index (κ3) is 1.67. The first-order valence-electron chi connectivity index (χ1n) is 5.69. The largest absolute Gasteiger partial charge is 0.480 e. The molecule has 1 aliphatic rings. The first kappa shape index (κ1) is 13.3. The molecule has 1 aromatic heterocycles. The van der Waals surface area contributed by atoms with Gasteiger partial charge in [-0.1, -0.05) is 0 Å². The van der Waals surface area contributed by atoms with Gasteiger partial charge in [0.05, 0.1) is 6.33 Å². The van der Waals surface area contributed by atoms with Gasteiger partial charge in [-0.3, -0.25) is 9.69 Å². The molecule has 1 aromatic rings. The topological polar surface area (TPSA) is 98.9 Å². The fourth-order valence-electron chi connectivity index (χ4n) is 1.96. The average molecular weight is 268 g/mol. The molecule has 2 rings (SSSR count). The maximum Gasteiger partial charge on any atom is 0.329 e. The lowest BCUT2D eigenvalue weighted by Gasteiger charge is -2.37. The molecule has 2 heterocycles. The van der Waals surface area contributed by atoms with Crippen LogP contribution in [0.25, 0.3) is 0 Å². The van der Waals surface area contributed by atoms with Gasteiger partial charge in [-0.2, -0.15) is 0 Å². The Hall–Kier alpha value is -2.09. The molecule has 0 bridgehead atoms. The number of anilines is 1. The highest BCUT2D eigenvalue weighted by Gasteiger charge is 2.41. The predicted octanol–water partition coefficient (Wildman–Crippen LogP) is -0.499. The summed E-state index contributed by atoms with van der Waals surface area (Å²) in [6, 6.07) is 0. The number of aliphatic carboxylic acids is 1. The van der Waals surface area contributed by atoms with E-state index in [1.807, 2.05) is 0 Å². The number of nitrogens with zero attached hydrogens (tertiary/aromatic N) is 4. The van der Waals surface area contributed by atoms with E-state index in [0.717, 1.165) is 4.90 Å². The van der Waals surface area contributed by atoms with Crippen molar-refractivity contribution in [3.8, 4) is 0 Å². The van der Waals surface area contributed by atoms with Crippen LogP contribution in [-0.2, 0) is 10.3 Å². The van der Waals surface area contributed by atoms with Gasteiger partial charge in [-0.25, -0.2) is 9.78 Å². The van der Waals surface area contributed by atoms with Gasteiger partial charge < -0.3 is 19.7 Å². The number of rotatable bonds is 2. The van der Waals surface area contributed by atoms with E-state index in [1.165, 1.54) is 36.7 Å². The number of carboxylic acid groups (broad SMARTS) is 1. The van der Waals surface area contributed by atoms with Crippen LogP contribution in [0.5, 0.6) is 0 Å². The summed E-state index contributed by atoms with van der Waals surface area (Å²) in [6.07, 6.45) is 0.190. The van der Waals surface area contributed by atoms with Crippen molar-refractivity contribution in [2.45, 2.75) is 25.7 Å². The predicted molar refractivity (Wildman–Crippen MR) is 65.7 cm³/mol. The molecular formula is C11H16N4O4. The highest BCUT2D eigenvalue weighted by molar-refractivity contribution is 6.00. The molecule has 104 valence electrons. The second-order valence-electron chi connectivity index (χ2n) is 5.02. The number of carbonyl (C=O) groups is 2. The molecular weight excluding hydrogens is 252 g/mol. The van der Waals surface area contributed by atoms with Gasteiger partial charge >= 0.3 is 5.97 Å². The molecule has 1 atom stereocenters. The highest BCUT2D eigenvalue weighted by Crippen LogP contribution is 2.30. The van der Waals surface area contributed by atoms with Gasteiger partial charge in [0.2, 0.25) is 6.35 Å². The Morgan fingerprint density at radius 3 is 2.47 bits per heavy atom. The van der Waals surface area contributed by atoms with Crippen molar-refractivity contribution in [3.63, 3.8) is 0 Å². The standard InChI is InChI=1S/C11H16N4O4/c1-11(2,9(17)18)15-5-12-7-6(15)8(16)14(4)10(19)13(7)3/h5,10,19H,1-4H3,(H,17,18).